The van der Waals surface area contributed by atoms with Gasteiger partial charge in [0.1, 0.15) is 42.2 Å². The van der Waals surface area contributed by atoms with Gasteiger partial charge in [0.15, 0.2) is 0 Å². The molecule has 1 aliphatic carbocycles. The molecule has 2 saturated heterocycles. The Balaban J connectivity index is 1.07. The molecule has 284 valence electrons. The van der Waals surface area contributed by atoms with Crippen LogP contribution in [0.25, 0.3) is 11.1 Å². The van der Waals surface area contributed by atoms with Crippen LogP contribution in [0, 0.1) is 11.3 Å². The molecule has 0 amide bonds. The Hall–Kier alpha value is -3.95. The van der Waals surface area contributed by atoms with E-state index in [2.05, 4.69) is 33.4 Å². The number of hydrogen-bond donors (Lipinski definition) is 2. The van der Waals surface area contributed by atoms with Crippen LogP contribution in [0.15, 0.2) is 67.0 Å². The quantitative estimate of drug-likeness (QED) is 0.123. The molecule has 3 heterocycles. The molecule has 0 spiro atoms. The van der Waals surface area contributed by atoms with Gasteiger partial charge in [-0.1, -0.05) is 53.5 Å². The molecule has 7 rings (SSSR count). The summed E-state index contributed by atoms with van der Waals surface area (Å²) in [4.78, 5) is 6.46. The van der Waals surface area contributed by atoms with E-state index in [0.29, 0.717) is 71.9 Å². The standard InChI is InChI=1S/C42H45Cl2FN4O5/c43-35-19-29(24-48-36-12-17-51-26-37(36)50)40(53-25-28-18-27(21-46)22-47-23-28)20-41(35)54-38-9-8-32-31(4-1-5-33(32)38)34-6-2-7-39(42(34)44)52-16-3-13-49-14-10-30(45)11-15-49/h1-2,4-7,18-20,22-23,30,36-38,48,50H,3,8-17,24-26H2/t36-,37-,38+/m1/s1. The van der Waals surface area contributed by atoms with Crippen molar-refractivity contribution in [2.24, 2.45) is 0 Å². The number of pyridine rings is 1. The van der Waals surface area contributed by atoms with E-state index in [0.717, 1.165) is 66.7 Å². The number of benzene rings is 3. The van der Waals surface area contributed by atoms with Gasteiger partial charge in [0, 0.05) is 74.0 Å². The molecular formula is C42H45Cl2FN4O5. The number of nitrogens with one attached hydrogen (secondary N) is 1. The first-order valence-corrected chi connectivity index (χ1v) is 19.5. The van der Waals surface area contributed by atoms with Crippen LogP contribution in [0.5, 0.6) is 17.2 Å². The molecule has 0 bridgehead atoms. The molecule has 0 radical (unpaired) electrons. The van der Waals surface area contributed by atoms with Gasteiger partial charge in [-0.15, -0.1) is 0 Å². The summed E-state index contributed by atoms with van der Waals surface area (Å²) in [7, 11) is 0. The van der Waals surface area contributed by atoms with Gasteiger partial charge in [0.05, 0.1) is 34.9 Å². The largest absolute Gasteiger partial charge is 0.492 e. The number of hydrogen-bond acceptors (Lipinski definition) is 9. The van der Waals surface area contributed by atoms with Gasteiger partial charge >= 0.3 is 0 Å². The minimum absolute atomic E-state index is 0.125. The molecule has 2 aliphatic heterocycles. The van der Waals surface area contributed by atoms with Crippen LogP contribution in [0.2, 0.25) is 10.0 Å². The third-order valence-corrected chi connectivity index (χ3v) is 11.1. The second-order valence-electron chi connectivity index (χ2n) is 14.1. The summed E-state index contributed by atoms with van der Waals surface area (Å²) in [6.45, 7) is 4.47. The number of aliphatic hydroxyl groups excluding tert-OH is 1. The Labute approximate surface area is 325 Å². The van der Waals surface area contributed by atoms with Crippen molar-refractivity contribution in [2.75, 3.05) is 39.5 Å². The highest BCUT2D eigenvalue weighted by atomic mass is 35.5. The number of fused-ring (bicyclic) bond motifs is 1. The highest BCUT2D eigenvalue weighted by molar-refractivity contribution is 6.35. The van der Waals surface area contributed by atoms with E-state index in [1.165, 1.54) is 11.8 Å². The topological polar surface area (TPSA) is 109 Å². The summed E-state index contributed by atoms with van der Waals surface area (Å²) < 4.78 is 38.1. The average molecular weight is 776 g/mol. The number of halogens is 3. The molecular weight excluding hydrogens is 730 g/mol. The maximum atomic E-state index is 13.5. The number of ether oxygens (including phenoxy) is 4. The number of aliphatic hydroxyl groups is 1. The van der Waals surface area contributed by atoms with Crippen molar-refractivity contribution in [3.05, 3.63) is 105 Å². The van der Waals surface area contributed by atoms with Crippen LogP contribution in [-0.2, 0) is 24.3 Å². The normalized spacial score (nSPS) is 20.3. The predicted molar refractivity (Wildman–Crippen MR) is 206 cm³/mol. The van der Waals surface area contributed by atoms with Crippen LogP contribution < -0.4 is 19.5 Å². The summed E-state index contributed by atoms with van der Waals surface area (Å²) >= 11 is 13.9. The Morgan fingerprint density at radius 1 is 0.981 bits per heavy atom. The number of alkyl halides is 1. The zero-order valence-corrected chi connectivity index (χ0v) is 31.6. The minimum atomic E-state index is -0.672. The molecule has 1 aromatic heterocycles. The lowest BCUT2D eigenvalue weighted by molar-refractivity contribution is -0.0281. The van der Waals surface area contributed by atoms with Gasteiger partial charge in [-0.2, -0.15) is 5.26 Å². The number of nitrogens with zero attached hydrogens (tertiary/aromatic N) is 3. The number of nitriles is 1. The van der Waals surface area contributed by atoms with Gasteiger partial charge in [-0.05, 0) is 73.4 Å². The molecule has 3 aliphatic rings. The van der Waals surface area contributed by atoms with Gasteiger partial charge < -0.3 is 34.3 Å². The zero-order valence-electron chi connectivity index (χ0n) is 30.1. The predicted octanol–water partition coefficient (Wildman–Crippen LogP) is 8.01. The highest BCUT2D eigenvalue weighted by Crippen LogP contribution is 2.45. The van der Waals surface area contributed by atoms with E-state index >= 15 is 0 Å². The second kappa shape index (κ2) is 18.1. The van der Waals surface area contributed by atoms with Crippen molar-refractivity contribution in [3.63, 3.8) is 0 Å². The van der Waals surface area contributed by atoms with Crippen LogP contribution in [-0.4, -0.2) is 72.8 Å². The third kappa shape index (κ3) is 9.28. The average Bonchev–Trinajstić information content (AvgIpc) is 3.60. The molecule has 3 aromatic carbocycles. The Kier molecular flexibility index (Phi) is 12.9. The van der Waals surface area contributed by atoms with E-state index in [9.17, 15) is 14.8 Å². The van der Waals surface area contributed by atoms with Gasteiger partial charge in [0.2, 0.25) is 0 Å². The van der Waals surface area contributed by atoms with Crippen molar-refractivity contribution in [2.45, 2.75) is 76.1 Å². The van der Waals surface area contributed by atoms with Gasteiger partial charge in [-0.25, -0.2) is 4.39 Å². The second-order valence-corrected chi connectivity index (χ2v) is 14.9. The fraction of sp³-hybridized carbons (Fsp3) is 0.429. The lowest BCUT2D eigenvalue weighted by atomic mass is 9.96. The molecule has 2 N–H and O–H groups in total. The van der Waals surface area contributed by atoms with E-state index in [1.807, 2.05) is 36.4 Å². The number of piperidine rings is 1. The van der Waals surface area contributed by atoms with Crippen molar-refractivity contribution in [3.8, 4) is 34.4 Å². The summed E-state index contributed by atoms with van der Waals surface area (Å²) in [5, 5.41) is 24.3. The van der Waals surface area contributed by atoms with Crippen molar-refractivity contribution >= 4 is 23.2 Å². The maximum absolute atomic E-state index is 13.5. The summed E-state index contributed by atoms with van der Waals surface area (Å²) in [5.41, 5.74) is 6.22. The SMILES string of the molecule is N#Cc1cncc(COc2cc(O[C@H]3CCc4c(-c5cccc(OCCCN6CCC(F)CC6)c5Cl)cccc43)c(Cl)cc2CN[C@@H]2CCOC[C@H]2O)c1. The van der Waals surface area contributed by atoms with Crippen molar-refractivity contribution in [1.29, 1.82) is 5.26 Å². The monoisotopic (exact) mass is 774 g/mol. The van der Waals surface area contributed by atoms with Crippen molar-refractivity contribution in [1.82, 2.24) is 15.2 Å². The van der Waals surface area contributed by atoms with Crippen LogP contribution in [0.1, 0.15) is 66.0 Å². The number of rotatable bonds is 14. The lowest BCUT2D eigenvalue weighted by Crippen LogP contribution is -2.46. The first-order valence-electron chi connectivity index (χ1n) is 18.7. The highest BCUT2D eigenvalue weighted by Gasteiger charge is 2.29. The molecule has 2 fully saturated rings. The number of aromatic nitrogens is 1. The first kappa shape index (κ1) is 38.3. The minimum Gasteiger partial charge on any atom is -0.492 e. The first-order chi connectivity index (χ1) is 26.4. The molecule has 9 nitrogen and oxygen atoms in total. The summed E-state index contributed by atoms with van der Waals surface area (Å²) in [6.07, 6.45) is 5.95. The van der Waals surface area contributed by atoms with E-state index in [4.69, 9.17) is 42.1 Å². The zero-order chi connectivity index (χ0) is 37.4. The summed E-state index contributed by atoms with van der Waals surface area (Å²) in [6, 6.07) is 19.5. The fourth-order valence-corrected chi connectivity index (χ4v) is 8.01. The molecule has 4 aromatic rings. The Morgan fingerprint density at radius 2 is 1.81 bits per heavy atom. The third-order valence-electron chi connectivity index (χ3n) is 10.4. The Bertz CT molecular complexity index is 1950. The van der Waals surface area contributed by atoms with Crippen LogP contribution in [0.3, 0.4) is 0 Å². The lowest BCUT2D eigenvalue weighted by Gasteiger charge is -2.29. The van der Waals surface area contributed by atoms with E-state index in [-0.39, 0.29) is 25.4 Å². The van der Waals surface area contributed by atoms with E-state index < -0.39 is 12.3 Å². The molecule has 3 atom stereocenters. The van der Waals surface area contributed by atoms with Gasteiger partial charge in [0.25, 0.3) is 0 Å². The smallest absolute Gasteiger partial charge is 0.142 e. The van der Waals surface area contributed by atoms with Crippen LogP contribution in [0.4, 0.5) is 4.39 Å². The molecule has 0 unspecified atom stereocenters. The number of likely N-dealkylation sites (tertiary alicyclic amines) is 1. The van der Waals surface area contributed by atoms with Gasteiger partial charge in [-0.3, -0.25) is 4.98 Å². The summed E-state index contributed by atoms with van der Waals surface area (Å²) in [5.74, 6) is 1.72. The fourth-order valence-electron chi connectivity index (χ4n) is 7.50. The van der Waals surface area contributed by atoms with E-state index in [1.54, 1.807) is 12.3 Å². The maximum Gasteiger partial charge on any atom is 0.142 e. The molecule has 12 heteroatoms. The molecule has 0 saturated carbocycles. The van der Waals surface area contributed by atoms with Crippen LogP contribution >= 0.6 is 23.2 Å². The Morgan fingerprint density at radius 3 is 2.65 bits per heavy atom. The molecule has 54 heavy (non-hydrogen) atoms. The van der Waals surface area contributed by atoms with Crippen molar-refractivity contribution < 1.29 is 28.4 Å².